The fourth-order valence-corrected chi connectivity index (χ4v) is 4.77. The minimum absolute atomic E-state index is 0.0903. The van der Waals surface area contributed by atoms with Gasteiger partial charge in [0.05, 0.1) is 0 Å². The van der Waals surface area contributed by atoms with E-state index < -0.39 is 0 Å². The lowest BCUT2D eigenvalue weighted by Gasteiger charge is -2.28. The van der Waals surface area contributed by atoms with E-state index in [4.69, 9.17) is 4.74 Å². The van der Waals surface area contributed by atoms with Crippen LogP contribution in [0.4, 0.5) is 0 Å². The van der Waals surface area contributed by atoms with E-state index in [0.717, 1.165) is 55.0 Å². The Balaban J connectivity index is 1.74. The largest absolute Gasteiger partial charge is 0.457 e. The van der Waals surface area contributed by atoms with Gasteiger partial charge in [0.2, 0.25) is 5.91 Å². The number of benzene rings is 2. The molecule has 27 heavy (non-hydrogen) atoms. The standard InChI is InChI=1S/C23H29NO2S/c1-3-5-10-18(4-2)22(25)24-15-16-27-23(24)19-11-9-14-21(17-19)26-20-12-7-6-8-13-20/h6-9,11-14,17-18,23H,3-5,10,15-16H2,1-2H3/t18-,23-/m1/s1. The highest BCUT2D eigenvalue weighted by molar-refractivity contribution is 7.99. The zero-order valence-corrected chi connectivity index (χ0v) is 17.1. The normalized spacial score (nSPS) is 17.7. The van der Waals surface area contributed by atoms with Crippen LogP contribution in [-0.4, -0.2) is 23.1 Å². The molecule has 1 aliphatic heterocycles. The van der Waals surface area contributed by atoms with Crippen molar-refractivity contribution in [3.8, 4) is 11.5 Å². The average Bonchev–Trinajstić information content (AvgIpc) is 3.19. The molecule has 3 nitrogen and oxygen atoms in total. The number of unbranched alkanes of at least 4 members (excludes halogenated alkanes) is 1. The van der Waals surface area contributed by atoms with Crippen molar-refractivity contribution in [3.05, 3.63) is 60.2 Å². The fourth-order valence-electron chi connectivity index (χ4n) is 3.52. The topological polar surface area (TPSA) is 29.5 Å². The highest BCUT2D eigenvalue weighted by Crippen LogP contribution is 2.40. The van der Waals surface area contributed by atoms with Crippen molar-refractivity contribution < 1.29 is 9.53 Å². The first-order valence-corrected chi connectivity index (χ1v) is 11.0. The van der Waals surface area contributed by atoms with E-state index in [2.05, 4.69) is 30.9 Å². The Morgan fingerprint density at radius 2 is 1.93 bits per heavy atom. The summed E-state index contributed by atoms with van der Waals surface area (Å²) in [4.78, 5) is 15.2. The Kier molecular flexibility index (Phi) is 7.22. The summed E-state index contributed by atoms with van der Waals surface area (Å²) in [5, 5.41) is 0.0903. The SMILES string of the molecule is CCCC[C@@H](CC)C(=O)N1CCS[C@@H]1c1cccc(Oc2ccccc2)c1. The second-order valence-electron chi connectivity index (χ2n) is 6.99. The van der Waals surface area contributed by atoms with Crippen molar-refractivity contribution in [3.63, 3.8) is 0 Å². The van der Waals surface area contributed by atoms with Crippen molar-refractivity contribution in [1.29, 1.82) is 0 Å². The van der Waals surface area contributed by atoms with Crippen LogP contribution in [0.2, 0.25) is 0 Å². The molecule has 0 saturated carbocycles. The monoisotopic (exact) mass is 383 g/mol. The van der Waals surface area contributed by atoms with Gasteiger partial charge in [0, 0.05) is 18.2 Å². The number of carbonyl (C=O) groups is 1. The lowest BCUT2D eigenvalue weighted by Crippen LogP contribution is -2.35. The fraction of sp³-hybridized carbons (Fsp3) is 0.435. The maximum absolute atomic E-state index is 13.1. The number of ether oxygens (including phenoxy) is 1. The number of nitrogens with zero attached hydrogens (tertiary/aromatic N) is 1. The maximum atomic E-state index is 13.1. The number of hydrogen-bond acceptors (Lipinski definition) is 3. The summed E-state index contributed by atoms with van der Waals surface area (Å²) in [7, 11) is 0. The van der Waals surface area contributed by atoms with E-state index in [-0.39, 0.29) is 11.3 Å². The van der Waals surface area contributed by atoms with Gasteiger partial charge in [0.1, 0.15) is 16.9 Å². The molecule has 2 aromatic rings. The smallest absolute Gasteiger partial charge is 0.226 e. The quantitative estimate of drug-likeness (QED) is 0.538. The molecular formula is C23H29NO2S. The summed E-state index contributed by atoms with van der Waals surface area (Å²) in [6, 6.07) is 18.0. The molecule has 0 aliphatic carbocycles. The van der Waals surface area contributed by atoms with Gasteiger partial charge in [-0.25, -0.2) is 0 Å². The maximum Gasteiger partial charge on any atom is 0.226 e. The Morgan fingerprint density at radius 3 is 2.67 bits per heavy atom. The van der Waals surface area contributed by atoms with Crippen molar-refractivity contribution in [1.82, 2.24) is 4.90 Å². The summed E-state index contributed by atoms with van der Waals surface area (Å²) in [6.07, 6.45) is 4.18. The molecule has 2 atom stereocenters. The molecule has 1 heterocycles. The van der Waals surface area contributed by atoms with E-state index in [1.54, 1.807) is 0 Å². The van der Waals surface area contributed by atoms with Crippen LogP contribution in [0, 0.1) is 5.92 Å². The molecule has 0 radical (unpaired) electrons. The highest BCUT2D eigenvalue weighted by atomic mass is 32.2. The van der Waals surface area contributed by atoms with Crippen LogP contribution in [0.1, 0.15) is 50.5 Å². The molecule has 0 bridgehead atoms. The summed E-state index contributed by atoms with van der Waals surface area (Å²) >= 11 is 1.85. The van der Waals surface area contributed by atoms with Gasteiger partial charge in [0.25, 0.3) is 0 Å². The molecule has 144 valence electrons. The van der Waals surface area contributed by atoms with Gasteiger partial charge < -0.3 is 9.64 Å². The van der Waals surface area contributed by atoms with E-state index in [0.29, 0.717) is 5.91 Å². The van der Waals surface area contributed by atoms with Crippen LogP contribution in [0.3, 0.4) is 0 Å². The lowest BCUT2D eigenvalue weighted by atomic mass is 9.97. The summed E-state index contributed by atoms with van der Waals surface area (Å²) in [5.74, 6) is 3.10. The van der Waals surface area contributed by atoms with Crippen LogP contribution in [0.15, 0.2) is 54.6 Å². The Labute approximate surface area is 167 Å². The van der Waals surface area contributed by atoms with Gasteiger partial charge in [-0.1, -0.05) is 57.0 Å². The van der Waals surface area contributed by atoms with Crippen molar-refractivity contribution in [2.24, 2.45) is 5.92 Å². The predicted molar refractivity (Wildman–Crippen MR) is 113 cm³/mol. The lowest BCUT2D eigenvalue weighted by molar-refractivity contribution is -0.136. The average molecular weight is 384 g/mol. The second-order valence-corrected chi connectivity index (χ2v) is 8.18. The molecule has 0 N–H and O–H groups in total. The molecule has 3 rings (SSSR count). The van der Waals surface area contributed by atoms with E-state index in [9.17, 15) is 4.79 Å². The first kappa shape index (κ1) is 19.8. The van der Waals surface area contributed by atoms with Gasteiger partial charge in [-0.05, 0) is 42.7 Å². The highest BCUT2D eigenvalue weighted by Gasteiger charge is 2.33. The Hall–Kier alpha value is -1.94. The Bertz CT molecular complexity index is 734. The number of amides is 1. The van der Waals surface area contributed by atoms with Gasteiger partial charge >= 0.3 is 0 Å². The van der Waals surface area contributed by atoms with Crippen LogP contribution in [0.25, 0.3) is 0 Å². The van der Waals surface area contributed by atoms with E-state index in [1.165, 1.54) is 0 Å². The molecular weight excluding hydrogens is 354 g/mol. The molecule has 4 heteroatoms. The summed E-state index contributed by atoms with van der Waals surface area (Å²) in [6.45, 7) is 5.15. The molecule has 1 fully saturated rings. The van der Waals surface area contributed by atoms with Gasteiger partial charge in [-0.2, -0.15) is 0 Å². The molecule has 0 aromatic heterocycles. The predicted octanol–water partition coefficient (Wildman–Crippen LogP) is 6.27. The first-order chi connectivity index (χ1) is 13.2. The summed E-state index contributed by atoms with van der Waals surface area (Å²) in [5.41, 5.74) is 1.14. The minimum Gasteiger partial charge on any atom is -0.457 e. The number of thioether (sulfide) groups is 1. The number of carbonyl (C=O) groups excluding carboxylic acids is 1. The van der Waals surface area contributed by atoms with Crippen LogP contribution in [-0.2, 0) is 4.79 Å². The third-order valence-corrected chi connectivity index (χ3v) is 6.31. The van der Waals surface area contributed by atoms with E-state index >= 15 is 0 Å². The third-order valence-electron chi connectivity index (χ3n) is 5.04. The van der Waals surface area contributed by atoms with Gasteiger partial charge in [-0.3, -0.25) is 4.79 Å². The van der Waals surface area contributed by atoms with E-state index in [1.807, 2.05) is 54.2 Å². The second kappa shape index (κ2) is 9.84. The Morgan fingerprint density at radius 1 is 1.15 bits per heavy atom. The zero-order valence-electron chi connectivity index (χ0n) is 16.3. The summed E-state index contributed by atoms with van der Waals surface area (Å²) < 4.78 is 5.98. The number of hydrogen-bond donors (Lipinski definition) is 0. The van der Waals surface area contributed by atoms with Crippen molar-refractivity contribution >= 4 is 17.7 Å². The molecule has 0 spiro atoms. The van der Waals surface area contributed by atoms with Gasteiger partial charge in [-0.15, -0.1) is 11.8 Å². The van der Waals surface area contributed by atoms with Crippen molar-refractivity contribution in [2.45, 2.75) is 44.9 Å². The zero-order chi connectivity index (χ0) is 19.1. The van der Waals surface area contributed by atoms with Crippen LogP contribution in [0.5, 0.6) is 11.5 Å². The minimum atomic E-state index is 0.0903. The molecule has 1 aliphatic rings. The molecule has 1 amide bonds. The van der Waals surface area contributed by atoms with Crippen LogP contribution < -0.4 is 4.74 Å². The number of para-hydroxylation sites is 1. The molecule has 2 aromatic carbocycles. The van der Waals surface area contributed by atoms with Gasteiger partial charge in [0.15, 0.2) is 0 Å². The van der Waals surface area contributed by atoms with Crippen molar-refractivity contribution in [2.75, 3.05) is 12.3 Å². The molecule has 1 saturated heterocycles. The first-order valence-electron chi connectivity index (χ1n) is 9.97. The third kappa shape index (κ3) is 5.07. The molecule has 0 unspecified atom stereocenters. The van der Waals surface area contributed by atoms with Crippen LogP contribution >= 0.6 is 11.8 Å². The number of rotatable bonds is 8.